The van der Waals surface area contributed by atoms with Gasteiger partial charge >= 0.3 is 0 Å². The molecule has 1 fully saturated rings. The van der Waals surface area contributed by atoms with Gasteiger partial charge in [-0.3, -0.25) is 0 Å². The van der Waals surface area contributed by atoms with E-state index in [1.807, 2.05) is 11.3 Å². The first-order valence-corrected chi connectivity index (χ1v) is 16.8. The van der Waals surface area contributed by atoms with E-state index in [9.17, 15) is 0 Å². The molecule has 0 saturated heterocycles. The zero-order valence-corrected chi connectivity index (χ0v) is 26.8. The van der Waals surface area contributed by atoms with Crippen molar-refractivity contribution in [3.05, 3.63) is 131 Å². The van der Waals surface area contributed by atoms with Crippen LogP contribution in [0.3, 0.4) is 0 Å². The third-order valence-electron chi connectivity index (χ3n) is 11.3. The van der Waals surface area contributed by atoms with Crippen molar-refractivity contribution < 1.29 is 13.6 Å². The van der Waals surface area contributed by atoms with Crippen LogP contribution in [0, 0.1) is 33.6 Å². The molecule has 1 saturated carbocycles. The molecule has 4 heteroatoms. The Hall–Kier alpha value is -4.54. The predicted octanol–water partition coefficient (Wildman–Crippen LogP) is 9.35. The molecule has 6 heterocycles. The molecule has 0 radical (unpaired) electrons. The Labute approximate surface area is 266 Å². The molecule has 1 aliphatic carbocycles. The topological polar surface area (TPSA) is 20.9 Å². The summed E-state index contributed by atoms with van der Waals surface area (Å²) >= 11 is 1.84. The van der Waals surface area contributed by atoms with E-state index in [1.54, 1.807) is 0 Å². The van der Waals surface area contributed by atoms with E-state index in [2.05, 4.69) is 135 Å². The number of allylic oxidation sites excluding steroid dienone is 1. The number of benzene rings is 3. The second-order valence-corrected chi connectivity index (χ2v) is 15.0. The number of hydrogen-bond acceptors (Lipinski definition) is 2. The summed E-state index contributed by atoms with van der Waals surface area (Å²) < 4.78 is 13.4. The van der Waals surface area contributed by atoms with Crippen molar-refractivity contribution in [1.82, 2.24) is 0 Å². The molecular weight excluding hydrogens is 569 g/mol. The van der Waals surface area contributed by atoms with Crippen molar-refractivity contribution in [1.29, 1.82) is 0 Å². The van der Waals surface area contributed by atoms with E-state index in [4.69, 9.17) is 4.42 Å². The highest BCUT2D eigenvalue weighted by molar-refractivity contribution is 7.19. The van der Waals surface area contributed by atoms with Crippen molar-refractivity contribution in [2.75, 3.05) is 0 Å². The Kier molecular flexibility index (Phi) is 4.91. The van der Waals surface area contributed by atoms with Gasteiger partial charge in [0.2, 0.25) is 11.4 Å². The highest BCUT2D eigenvalue weighted by atomic mass is 32.1. The zero-order valence-electron chi connectivity index (χ0n) is 26.0. The Morgan fingerprint density at radius 2 is 1.76 bits per heavy atom. The van der Waals surface area contributed by atoms with Crippen LogP contribution in [0.4, 0.5) is 0 Å². The normalized spacial score (nSPS) is 22.5. The Morgan fingerprint density at radius 1 is 0.889 bits per heavy atom. The van der Waals surface area contributed by atoms with Crippen LogP contribution in [0.2, 0.25) is 0 Å². The smallest absolute Gasteiger partial charge is 0.217 e. The molecule has 3 nitrogen and oxygen atoms in total. The van der Waals surface area contributed by atoms with Crippen LogP contribution >= 0.6 is 11.3 Å². The lowest BCUT2D eigenvalue weighted by Crippen LogP contribution is -2.80. The van der Waals surface area contributed by atoms with Gasteiger partial charge in [0.05, 0.1) is 11.1 Å². The maximum absolute atomic E-state index is 6.86. The van der Waals surface area contributed by atoms with Crippen LogP contribution in [0.25, 0.3) is 54.5 Å². The summed E-state index contributed by atoms with van der Waals surface area (Å²) in [5, 5.41) is 3.69. The lowest BCUT2D eigenvalue weighted by atomic mass is 9.48. The molecule has 45 heavy (non-hydrogen) atoms. The van der Waals surface area contributed by atoms with Gasteiger partial charge in [0, 0.05) is 50.0 Å². The number of nitrogens with zero attached hydrogens (tertiary/aromatic N) is 2. The van der Waals surface area contributed by atoms with Gasteiger partial charge in [0.15, 0.2) is 24.0 Å². The van der Waals surface area contributed by atoms with E-state index in [1.165, 1.54) is 76.1 Å². The third-order valence-corrected chi connectivity index (χ3v) is 12.3. The average molecular weight is 603 g/mol. The summed E-state index contributed by atoms with van der Waals surface area (Å²) in [4.78, 5) is 1.33. The van der Waals surface area contributed by atoms with Crippen LogP contribution in [-0.2, 0) is 12.0 Å². The second kappa shape index (κ2) is 8.58. The fraction of sp³-hybridized carbons (Fsp3) is 0.220. The lowest BCUT2D eigenvalue weighted by molar-refractivity contribution is -0.837. The first-order valence-electron chi connectivity index (χ1n) is 16.0. The molecule has 4 unspecified atom stereocenters. The predicted molar refractivity (Wildman–Crippen MR) is 183 cm³/mol. The fourth-order valence-corrected chi connectivity index (χ4v) is 10.3. The first kappa shape index (κ1) is 25.8. The van der Waals surface area contributed by atoms with Crippen LogP contribution in [0.15, 0.2) is 102 Å². The average Bonchev–Trinajstić information content (AvgIpc) is 3.57. The molecule has 3 aliphatic rings. The van der Waals surface area contributed by atoms with Crippen molar-refractivity contribution in [2.24, 2.45) is 5.92 Å². The number of aryl methyl sites for hydroxylation is 4. The second-order valence-electron chi connectivity index (χ2n) is 13.7. The lowest BCUT2D eigenvalue weighted by Gasteiger charge is -2.56. The molecule has 7 aromatic rings. The molecule has 0 amide bonds. The number of thiophene rings is 1. The zero-order chi connectivity index (χ0) is 30.4. The molecule has 4 atom stereocenters. The summed E-state index contributed by atoms with van der Waals surface area (Å²) in [7, 11) is 0. The molecule has 0 N–H and O–H groups in total. The van der Waals surface area contributed by atoms with Gasteiger partial charge in [-0.1, -0.05) is 36.4 Å². The van der Waals surface area contributed by atoms with Crippen LogP contribution in [0.1, 0.15) is 44.7 Å². The molecule has 218 valence electrons. The number of furan rings is 1. The van der Waals surface area contributed by atoms with Crippen LogP contribution in [0.5, 0.6) is 0 Å². The molecule has 0 bridgehead atoms. The minimum absolute atomic E-state index is 0.183. The first-order chi connectivity index (χ1) is 21.9. The fourth-order valence-electron chi connectivity index (χ4n) is 9.32. The summed E-state index contributed by atoms with van der Waals surface area (Å²) in [5.41, 5.74) is 13.7. The maximum atomic E-state index is 6.86. The Balaban J connectivity index is 1.26. The summed E-state index contributed by atoms with van der Waals surface area (Å²) in [6, 6.07) is 28.0. The monoisotopic (exact) mass is 602 g/mol. The van der Waals surface area contributed by atoms with E-state index < -0.39 is 0 Å². The third kappa shape index (κ3) is 3.11. The van der Waals surface area contributed by atoms with Crippen molar-refractivity contribution in [2.45, 2.75) is 51.6 Å². The van der Waals surface area contributed by atoms with E-state index in [0.29, 0.717) is 12.0 Å². The molecule has 4 aromatic heterocycles. The maximum Gasteiger partial charge on any atom is 0.217 e. The number of rotatable bonds is 1. The minimum atomic E-state index is -0.183. The SMILES string of the molecule is C=CC1C2C(c3ccccc3-c3ccc(C)c[n+]32)C12Cc1ccc3c(oc4cc5sc(C)cc5cc43)c1-c1cc(C)c(C)c[n+]12. The van der Waals surface area contributed by atoms with E-state index in [0.717, 1.165) is 17.6 Å². The number of aromatic nitrogens is 2. The van der Waals surface area contributed by atoms with E-state index in [-0.39, 0.29) is 11.5 Å². The van der Waals surface area contributed by atoms with Crippen molar-refractivity contribution in [3.8, 4) is 22.5 Å². The number of pyridine rings is 2. The highest BCUT2D eigenvalue weighted by Crippen LogP contribution is 2.64. The quantitative estimate of drug-likeness (QED) is 0.135. The van der Waals surface area contributed by atoms with Gasteiger partial charge in [-0.2, -0.15) is 9.13 Å². The Morgan fingerprint density at radius 3 is 2.62 bits per heavy atom. The molecular formula is C41H34N2OS+2. The van der Waals surface area contributed by atoms with Gasteiger partial charge in [0.1, 0.15) is 23.0 Å². The van der Waals surface area contributed by atoms with Crippen LogP contribution in [-0.4, -0.2) is 0 Å². The van der Waals surface area contributed by atoms with Crippen molar-refractivity contribution >= 4 is 43.4 Å². The number of hydrogen-bond donors (Lipinski definition) is 0. The summed E-state index contributed by atoms with van der Waals surface area (Å²) in [5.74, 6) is 0.554. The van der Waals surface area contributed by atoms with Gasteiger partial charge in [0.25, 0.3) is 0 Å². The minimum Gasteiger partial charge on any atom is -0.455 e. The van der Waals surface area contributed by atoms with Crippen LogP contribution < -0.4 is 9.13 Å². The molecule has 2 aliphatic heterocycles. The Bertz CT molecular complexity index is 2460. The largest absolute Gasteiger partial charge is 0.455 e. The van der Waals surface area contributed by atoms with Gasteiger partial charge in [-0.05, 0) is 80.1 Å². The molecule has 10 rings (SSSR count). The summed E-state index contributed by atoms with van der Waals surface area (Å²) in [6.45, 7) is 13.4. The van der Waals surface area contributed by atoms with Gasteiger partial charge < -0.3 is 4.42 Å². The van der Waals surface area contributed by atoms with Gasteiger partial charge in [-0.25, -0.2) is 0 Å². The number of fused-ring (bicyclic) bond motifs is 16. The summed E-state index contributed by atoms with van der Waals surface area (Å²) in [6.07, 6.45) is 7.97. The highest BCUT2D eigenvalue weighted by Gasteiger charge is 2.76. The standard InChI is InChI=1S/C41H34N2OS/c1-6-32-39-38(29-10-8-7-9-28(29)33-14-11-22(2)20-42(33)39)41(32)19-26-12-13-30-31-17-27-16-25(5)45-36(27)18-35(31)44-40(30)37(26)34-15-23(3)24(4)21-43(34)41/h6-18,20-21,32,38-39H,1,19H2,2-5H3/q+2. The van der Waals surface area contributed by atoms with Gasteiger partial charge in [-0.15, -0.1) is 17.9 Å². The van der Waals surface area contributed by atoms with Crippen molar-refractivity contribution in [3.63, 3.8) is 0 Å². The van der Waals surface area contributed by atoms with E-state index >= 15 is 0 Å². The molecule has 1 spiro atoms. The molecule has 3 aromatic carbocycles.